The van der Waals surface area contributed by atoms with Crippen molar-refractivity contribution in [2.24, 2.45) is 21.1 Å². The Balaban J connectivity index is 1.47. The van der Waals surface area contributed by atoms with Crippen LogP contribution < -0.4 is 10.2 Å². The Bertz CT molecular complexity index is 1250. The number of carbonyl (C=O) groups excluding carboxylic acids is 3. The molecule has 0 radical (unpaired) electrons. The van der Waals surface area contributed by atoms with E-state index in [1.807, 2.05) is 31.2 Å². The van der Waals surface area contributed by atoms with Crippen molar-refractivity contribution in [3.05, 3.63) is 81.9 Å². The summed E-state index contributed by atoms with van der Waals surface area (Å²) in [5.74, 6) is -2.58. The van der Waals surface area contributed by atoms with Crippen LogP contribution in [-0.2, 0) is 9.59 Å². The van der Waals surface area contributed by atoms with Crippen LogP contribution in [0.15, 0.2) is 88.0 Å². The van der Waals surface area contributed by atoms with Gasteiger partial charge in [-0.1, -0.05) is 17.7 Å². The van der Waals surface area contributed by atoms with E-state index in [2.05, 4.69) is 43.1 Å². The zero-order valence-corrected chi connectivity index (χ0v) is 19.6. The summed E-state index contributed by atoms with van der Waals surface area (Å²) in [7, 11) is 0. The smallest absolute Gasteiger partial charge is 0.276 e. The number of nitrogens with zero attached hydrogens (tertiary/aromatic N) is 4. The fourth-order valence-electron chi connectivity index (χ4n) is 3.05. The first-order chi connectivity index (χ1) is 15.9. The van der Waals surface area contributed by atoms with Crippen LogP contribution in [0.2, 0.25) is 0 Å². The van der Waals surface area contributed by atoms with Gasteiger partial charge in [0.15, 0.2) is 5.92 Å². The number of halogens is 1. The van der Waals surface area contributed by atoms with Gasteiger partial charge in [0.25, 0.3) is 5.91 Å². The molecule has 0 aliphatic carbocycles. The number of urea groups is 1. The van der Waals surface area contributed by atoms with E-state index in [9.17, 15) is 14.4 Å². The molecular weight excluding hydrogens is 533 g/mol. The normalized spacial score (nSPS) is 16.6. The van der Waals surface area contributed by atoms with E-state index < -0.39 is 23.8 Å². The molecule has 9 heteroatoms. The zero-order chi connectivity index (χ0) is 23.4. The molecule has 33 heavy (non-hydrogen) atoms. The van der Waals surface area contributed by atoms with Gasteiger partial charge >= 0.3 is 6.03 Å². The number of aliphatic imine (C=N–C) groups is 1. The minimum absolute atomic E-state index is 0.382. The van der Waals surface area contributed by atoms with Gasteiger partial charge in [-0.05, 0) is 90.2 Å². The maximum atomic E-state index is 12.9. The summed E-state index contributed by atoms with van der Waals surface area (Å²) in [5, 5.41) is 10.6. The average molecular weight is 551 g/mol. The van der Waals surface area contributed by atoms with E-state index in [-0.39, 0.29) is 0 Å². The van der Waals surface area contributed by atoms with E-state index in [1.165, 1.54) is 6.21 Å². The standard InChI is InChI=1S/C24H18IN5O3/c1-15-2-6-18(7-3-15)28-29-19-10-8-17(9-11-19)26-14-21-22(31)27-24(33)30(23(21)32)20-12-4-16(25)5-13-20/h2-14,21H,1H3,(H,27,31,33)/t21-/m0/s1. The average Bonchev–Trinajstić information content (AvgIpc) is 2.80. The monoisotopic (exact) mass is 551 g/mol. The molecule has 1 heterocycles. The Morgan fingerprint density at radius 2 is 1.36 bits per heavy atom. The summed E-state index contributed by atoms with van der Waals surface area (Å²) in [6, 6.07) is 20.6. The summed E-state index contributed by atoms with van der Waals surface area (Å²) < 4.78 is 0.956. The van der Waals surface area contributed by atoms with Gasteiger partial charge in [-0.25, -0.2) is 9.69 Å². The number of amides is 4. The van der Waals surface area contributed by atoms with Gasteiger partial charge in [0.2, 0.25) is 5.91 Å². The van der Waals surface area contributed by atoms with Crippen molar-refractivity contribution in [1.29, 1.82) is 0 Å². The number of benzene rings is 3. The van der Waals surface area contributed by atoms with Crippen molar-refractivity contribution >= 4 is 69.4 Å². The minimum atomic E-state index is -1.22. The first kappa shape index (κ1) is 22.5. The zero-order valence-electron chi connectivity index (χ0n) is 17.5. The predicted octanol–water partition coefficient (Wildman–Crippen LogP) is 5.62. The van der Waals surface area contributed by atoms with Crippen LogP contribution in [-0.4, -0.2) is 24.1 Å². The number of imide groups is 2. The summed E-state index contributed by atoms with van der Waals surface area (Å²) in [5.41, 5.74) is 3.44. The van der Waals surface area contributed by atoms with Gasteiger partial charge in [-0.15, -0.1) is 0 Å². The lowest BCUT2D eigenvalue weighted by atomic mass is 10.1. The largest absolute Gasteiger partial charge is 0.335 e. The van der Waals surface area contributed by atoms with Gasteiger partial charge in [0, 0.05) is 9.78 Å². The lowest BCUT2D eigenvalue weighted by molar-refractivity contribution is -0.131. The summed E-state index contributed by atoms with van der Waals surface area (Å²) in [6.07, 6.45) is 1.24. The fraction of sp³-hybridized carbons (Fsp3) is 0.0833. The van der Waals surface area contributed by atoms with Crippen LogP contribution in [0.25, 0.3) is 0 Å². The molecule has 4 rings (SSSR count). The van der Waals surface area contributed by atoms with Crippen LogP contribution in [0.4, 0.5) is 27.5 Å². The molecule has 0 saturated carbocycles. The number of hydrogen-bond acceptors (Lipinski definition) is 6. The predicted molar refractivity (Wildman–Crippen MR) is 134 cm³/mol. The maximum Gasteiger partial charge on any atom is 0.335 e. The number of hydrogen-bond donors (Lipinski definition) is 1. The molecule has 1 aliphatic heterocycles. The highest BCUT2D eigenvalue weighted by atomic mass is 127. The van der Waals surface area contributed by atoms with Crippen molar-refractivity contribution in [3.63, 3.8) is 0 Å². The number of anilines is 1. The van der Waals surface area contributed by atoms with Gasteiger partial charge in [0.05, 0.1) is 22.7 Å². The Morgan fingerprint density at radius 3 is 1.97 bits per heavy atom. The van der Waals surface area contributed by atoms with Crippen molar-refractivity contribution in [1.82, 2.24) is 5.32 Å². The first-order valence-electron chi connectivity index (χ1n) is 9.98. The quantitative estimate of drug-likeness (QED) is 0.193. The maximum absolute atomic E-state index is 12.9. The molecule has 0 unspecified atom stereocenters. The number of barbiturate groups is 1. The third-order valence-corrected chi connectivity index (χ3v) is 5.54. The Labute approximate surface area is 203 Å². The van der Waals surface area contributed by atoms with E-state index in [0.29, 0.717) is 17.1 Å². The molecule has 3 aromatic rings. The number of nitrogens with one attached hydrogen (secondary N) is 1. The Hall–Kier alpha value is -3.73. The van der Waals surface area contributed by atoms with Gasteiger partial charge in [-0.3, -0.25) is 19.9 Å². The van der Waals surface area contributed by atoms with E-state index in [4.69, 9.17) is 0 Å². The van der Waals surface area contributed by atoms with Crippen molar-refractivity contribution in [2.75, 3.05) is 4.90 Å². The Morgan fingerprint density at radius 1 is 0.818 bits per heavy atom. The third kappa shape index (κ3) is 5.37. The second-order valence-corrected chi connectivity index (χ2v) is 8.50. The molecule has 1 N–H and O–H groups in total. The molecule has 1 aliphatic rings. The minimum Gasteiger partial charge on any atom is -0.276 e. The first-order valence-corrected chi connectivity index (χ1v) is 11.1. The van der Waals surface area contributed by atoms with Crippen molar-refractivity contribution < 1.29 is 14.4 Å². The van der Waals surface area contributed by atoms with Gasteiger partial charge < -0.3 is 0 Å². The highest BCUT2D eigenvalue weighted by Crippen LogP contribution is 2.24. The SMILES string of the molecule is Cc1ccc(N=Nc2ccc(N=C[C@H]3C(=O)NC(=O)N(c4ccc(I)cc4)C3=O)cc2)cc1. The second kappa shape index (κ2) is 9.82. The van der Waals surface area contributed by atoms with Crippen LogP contribution in [0.3, 0.4) is 0 Å². The summed E-state index contributed by atoms with van der Waals surface area (Å²) >= 11 is 2.12. The molecule has 4 amide bonds. The molecule has 1 saturated heterocycles. The number of rotatable bonds is 5. The van der Waals surface area contributed by atoms with Crippen molar-refractivity contribution in [2.45, 2.75) is 6.92 Å². The lowest BCUT2D eigenvalue weighted by Crippen LogP contribution is -2.58. The summed E-state index contributed by atoms with van der Waals surface area (Å²) in [4.78, 5) is 42.6. The van der Waals surface area contributed by atoms with E-state index in [1.54, 1.807) is 48.5 Å². The van der Waals surface area contributed by atoms with E-state index >= 15 is 0 Å². The molecule has 1 fully saturated rings. The number of aryl methyl sites for hydroxylation is 1. The topological polar surface area (TPSA) is 104 Å². The number of carbonyl (C=O) groups is 3. The van der Waals surface area contributed by atoms with Crippen LogP contribution >= 0.6 is 22.6 Å². The van der Waals surface area contributed by atoms with E-state index in [0.717, 1.165) is 19.7 Å². The highest BCUT2D eigenvalue weighted by Gasteiger charge is 2.40. The number of azo groups is 1. The highest BCUT2D eigenvalue weighted by molar-refractivity contribution is 14.1. The lowest BCUT2D eigenvalue weighted by Gasteiger charge is -2.28. The molecule has 8 nitrogen and oxygen atoms in total. The van der Waals surface area contributed by atoms with Gasteiger partial charge in [0.1, 0.15) is 0 Å². The Kier molecular flexibility index (Phi) is 6.68. The molecule has 0 spiro atoms. The fourth-order valence-corrected chi connectivity index (χ4v) is 3.41. The van der Waals surface area contributed by atoms with Crippen molar-refractivity contribution in [3.8, 4) is 0 Å². The van der Waals surface area contributed by atoms with Crippen LogP contribution in [0.1, 0.15) is 5.56 Å². The molecule has 3 aromatic carbocycles. The molecule has 0 aromatic heterocycles. The molecule has 0 bridgehead atoms. The van der Waals surface area contributed by atoms with Gasteiger partial charge in [-0.2, -0.15) is 10.2 Å². The molecule has 1 atom stereocenters. The third-order valence-electron chi connectivity index (χ3n) is 4.82. The second-order valence-electron chi connectivity index (χ2n) is 7.25. The van der Waals surface area contributed by atoms with Crippen LogP contribution in [0.5, 0.6) is 0 Å². The molecule has 164 valence electrons. The summed E-state index contributed by atoms with van der Waals surface area (Å²) in [6.45, 7) is 2.00. The molecular formula is C24H18IN5O3. The van der Waals surface area contributed by atoms with Crippen LogP contribution in [0, 0.1) is 16.4 Å².